The third-order valence-corrected chi connectivity index (χ3v) is 24.4. The predicted molar refractivity (Wildman–Crippen MR) is 500 cm³/mol. The smallest absolute Gasteiger partial charge is 0.160 e. The van der Waals surface area contributed by atoms with E-state index in [4.69, 9.17) is 37.6 Å². The first-order valence-corrected chi connectivity index (χ1v) is 41.1. The summed E-state index contributed by atoms with van der Waals surface area (Å²) in [6.07, 6.45) is 0. The Morgan fingerprint density at radius 3 is 0.943 bits per heavy atom. The summed E-state index contributed by atoms with van der Waals surface area (Å²) >= 11 is 0. The first-order chi connectivity index (χ1) is 60.4. The summed E-state index contributed by atoms with van der Waals surface area (Å²) in [6, 6.07) is 141. The second-order valence-corrected chi connectivity index (χ2v) is 31.4. The van der Waals surface area contributed by atoms with Crippen molar-refractivity contribution in [3.8, 4) is 101 Å². The van der Waals surface area contributed by atoms with Gasteiger partial charge >= 0.3 is 0 Å². The number of aromatic nitrogens is 6. The molecule has 18 aromatic carbocycles. The first-order valence-electron chi connectivity index (χ1n) is 41.1. The average Bonchev–Trinajstić information content (AvgIpc) is 1.53. The number of furan rings is 4. The van der Waals surface area contributed by atoms with Crippen molar-refractivity contribution in [1.82, 2.24) is 29.1 Å². The molecule has 0 N–H and O–H groups in total. The van der Waals surface area contributed by atoms with E-state index in [1.807, 2.05) is 84.9 Å². The van der Waals surface area contributed by atoms with Crippen molar-refractivity contribution in [2.45, 2.75) is 0 Å². The lowest BCUT2D eigenvalue weighted by molar-refractivity contribution is 0.668. The van der Waals surface area contributed by atoms with Gasteiger partial charge < -0.3 is 26.8 Å². The van der Waals surface area contributed by atoms with Crippen molar-refractivity contribution in [3.05, 3.63) is 400 Å². The van der Waals surface area contributed by atoms with Gasteiger partial charge in [0.05, 0.1) is 55.3 Å². The zero-order valence-corrected chi connectivity index (χ0v) is 65.4. The van der Waals surface area contributed by atoms with Gasteiger partial charge in [-0.25, -0.2) is 19.9 Å². The van der Waals surface area contributed by atoms with Gasteiger partial charge in [0.2, 0.25) is 0 Å². The lowest BCUT2D eigenvalue weighted by atomic mass is 10.00. The highest BCUT2D eigenvalue weighted by Gasteiger charge is 2.25. The van der Waals surface area contributed by atoms with E-state index >= 15 is 0 Å². The minimum Gasteiger partial charge on any atom is -0.456 e. The monoisotopic (exact) mass is 1560 g/mol. The van der Waals surface area contributed by atoms with Crippen LogP contribution in [0.1, 0.15) is 0 Å². The molecule has 26 aromatic rings. The Hall–Kier alpha value is -16.6. The van der Waals surface area contributed by atoms with Crippen molar-refractivity contribution in [1.29, 1.82) is 0 Å². The van der Waals surface area contributed by atoms with Crippen LogP contribution in [-0.2, 0) is 0 Å². The van der Waals surface area contributed by atoms with Crippen LogP contribution in [0.5, 0.6) is 0 Å². The highest BCUT2D eigenvalue weighted by Crippen LogP contribution is 2.47. The van der Waals surface area contributed by atoms with Crippen molar-refractivity contribution in [3.63, 3.8) is 0 Å². The summed E-state index contributed by atoms with van der Waals surface area (Å²) in [5.74, 6) is 1.42. The zero-order chi connectivity index (χ0) is 80.0. The number of hydrogen-bond donors (Lipinski definition) is 0. The van der Waals surface area contributed by atoms with E-state index in [0.29, 0.717) is 11.6 Å². The van der Waals surface area contributed by atoms with E-state index in [0.717, 1.165) is 243 Å². The molecule has 0 bridgehead atoms. The van der Waals surface area contributed by atoms with Gasteiger partial charge in [0, 0.05) is 98.3 Å². The third kappa shape index (κ3) is 11.2. The molecule has 0 aliphatic rings. The Labute approximate surface area is 697 Å². The molecule has 0 atom stereocenters. The molecule has 26 rings (SSSR count). The van der Waals surface area contributed by atoms with Crippen molar-refractivity contribution in [2.75, 3.05) is 0 Å². The van der Waals surface area contributed by atoms with E-state index in [1.165, 1.54) is 0 Å². The lowest BCUT2D eigenvalue weighted by Crippen LogP contribution is -1.95. The summed E-state index contributed by atoms with van der Waals surface area (Å²) < 4.78 is 30.5. The summed E-state index contributed by atoms with van der Waals surface area (Å²) in [4.78, 5) is 20.2. The van der Waals surface area contributed by atoms with Crippen LogP contribution in [0.25, 0.3) is 254 Å². The number of rotatable bonds is 10. The summed E-state index contributed by atoms with van der Waals surface area (Å²) in [7, 11) is 0. The van der Waals surface area contributed by atoms with Crippen LogP contribution < -0.4 is 0 Å². The number of hydrogen-bond acceptors (Lipinski definition) is 8. The van der Waals surface area contributed by atoms with Crippen LogP contribution in [0.4, 0.5) is 0 Å². The Morgan fingerprint density at radius 1 is 0.172 bits per heavy atom. The van der Waals surface area contributed by atoms with Gasteiger partial charge in [-0.05, 0) is 184 Å². The van der Waals surface area contributed by atoms with E-state index in [1.54, 1.807) is 0 Å². The minimum absolute atomic E-state index is 0.704. The molecule has 0 aliphatic heterocycles. The Kier molecular flexibility index (Phi) is 15.5. The molecule has 0 unspecified atom stereocenters. The van der Waals surface area contributed by atoms with E-state index in [-0.39, 0.29) is 0 Å². The maximum Gasteiger partial charge on any atom is 0.160 e. The van der Waals surface area contributed by atoms with Crippen molar-refractivity contribution < 1.29 is 17.7 Å². The number of benzene rings is 18. The first kappa shape index (κ1) is 68.6. The van der Waals surface area contributed by atoms with Crippen molar-refractivity contribution in [2.24, 2.45) is 0 Å². The highest BCUT2D eigenvalue weighted by atomic mass is 16.3. The van der Waals surface area contributed by atoms with Crippen LogP contribution in [0.3, 0.4) is 0 Å². The molecule has 0 amide bonds. The summed E-state index contributed by atoms with van der Waals surface area (Å²) in [5.41, 5.74) is 30.5. The van der Waals surface area contributed by atoms with Crippen LogP contribution in [0.2, 0.25) is 0 Å². The van der Waals surface area contributed by atoms with Gasteiger partial charge in [0.15, 0.2) is 11.6 Å². The van der Waals surface area contributed by atoms with Gasteiger partial charge in [-0.1, -0.05) is 261 Å². The van der Waals surface area contributed by atoms with Crippen LogP contribution in [-0.4, -0.2) is 29.1 Å². The molecule has 0 radical (unpaired) electrons. The third-order valence-electron chi connectivity index (χ3n) is 24.4. The highest BCUT2D eigenvalue weighted by molar-refractivity contribution is 6.26. The number of para-hydroxylation sites is 6. The lowest BCUT2D eigenvalue weighted by Gasteiger charge is -2.12. The van der Waals surface area contributed by atoms with Crippen LogP contribution >= 0.6 is 0 Å². The Morgan fingerprint density at radius 2 is 0.484 bits per heavy atom. The number of nitrogens with zero attached hydrogens (tertiary/aromatic N) is 6. The molecule has 0 saturated heterocycles. The molecular formula is C112H66N6O4. The average molecular weight is 1560 g/mol. The largest absolute Gasteiger partial charge is 0.456 e. The maximum absolute atomic E-state index is 6.71. The SMILES string of the molecule is c1ccc(-c2nc(-c3ccc(-c4ccc(-n5c6ccc(-c7ccc8oc9ccccc9c8c7)cc6c6c7oc8ccccc8c7ccc65)cc4)cc3)nc3ccccc23)cc1.c1ccc(-c2nc(-c3cccc(-c4ccc(-n5c6ccc(-c7ccc8oc9ccccc9c8c7)cc6c6c7oc8ccccc8c7ccc65)cc4)c3)nc3ccccc23)cc1. The fourth-order valence-corrected chi connectivity index (χ4v) is 18.6. The fraction of sp³-hybridized carbons (Fsp3) is 0. The Balaban J connectivity index is 0.000000134. The van der Waals surface area contributed by atoms with E-state index in [2.05, 4.69) is 325 Å². The molecule has 0 spiro atoms. The predicted octanol–water partition coefficient (Wildman–Crippen LogP) is 30.4. The molecule has 8 heterocycles. The molecule has 0 aliphatic carbocycles. The summed E-state index contributed by atoms with van der Waals surface area (Å²) in [5, 5.41) is 15.5. The van der Waals surface area contributed by atoms with Gasteiger partial charge in [-0.15, -0.1) is 0 Å². The molecule has 0 fully saturated rings. The quantitative estimate of drug-likeness (QED) is 0.133. The van der Waals surface area contributed by atoms with Gasteiger partial charge in [0.1, 0.15) is 44.7 Å². The maximum atomic E-state index is 6.71. The Bertz CT molecular complexity index is 8750. The van der Waals surface area contributed by atoms with Gasteiger partial charge in [-0.3, -0.25) is 0 Å². The number of fused-ring (bicyclic) bond motifs is 22. The minimum atomic E-state index is 0.704. The fourth-order valence-electron chi connectivity index (χ4n) is 18.6. The van der Waals surface area contributed by atoms with E-state index in [9.17, 15) is 0 Å². The molecular weight excluding hydrogens is 1490 g/mol. The van der Waals surface area contributed by atoms with Crippen LogP contribution in [0, 0.1) is 0 Å². The molecule has 568 valence electrons. The van der Waals surface area contributed by atoms with Gasteiger partial charge in [0.25, 0.3) is 0 Å². The second kappa shape index (κ2) is 27.5. The van der Waals surface area contributed by atoms with Gasteiger partial charge in [-0.2, -0.15) is 0 Å². The molecule has 122 heavy (non-hydrogen) atoms. The normalized spacial score (nSPS) is 11.9. The topological polar surface area (TPSA) is 114 Å². The zero-order valence-electron chi connectivity index (χ0n) is 65.4. The standard InChI is InChI=1S/2C56H33N3O2/c1-2-11-35(12-3-1)54-44-17-4-7-18-47(44)57-56(58-54)39-14-10-13-36(31-39)34-21-25-40(26-22-34)59-48-28-23-37(38-24-30-52-45(32-38)42-16-6-8-19-50(42)60-52)33-46(48)53-49(59)29-27-43-41-15-5-9-20-51(41)61-55(43)53;1-2-10-36(11-3-1)54-44-14-4-7-15-47(44)57-56(58-54)37-20-18-34(19-21-37)35-22-26-40(27-23-35)59-48-29-24-38(39-25-31-52-45(32-39)42-13-6-8-16-50(42)60-52)33-46(48)53-49(59)30-28-43-41-12-5-9-17-51(41)61-55(43)53/h2*1-33H. The van der Waals surface area contributed by atoms with Crippen molar-refractivity contribution >= 4 is 153 Å². The molecule has 8 aromatic heterocycles. The van der Waals surface area contributed by atoms with E-state index < -0.39 is 0 Å². The summed E-state index contributed by atoms with van der Waals surface area (Å²) in [6.45, 7) is 0. The molecule has 10 nitrogen and oxygen atoms in total. The molecule has 0 saturated carbocycles. The van der Waals surface area contributed by atoms with Crippen LogP contribution in [0.15, 0.2) is 418 Å². The second-order valence-electron chi connectivity index (χ2n) is 31.4. The molecule has 10 heteroatoms.